The summed E-state index contributed by atoms with van der Waals surface area (Å²) in [6.45, 7) is 1.47. The maximum atomic E-state index is 12.1. The van der Waals surface area contributed by atoms with E-state index in [2.05, 4.69) is 10.3 Å². The van der Waals surface area contributed by atoms with E-state index in [9.17, 15) is 9.59 Å². The van der Waals surface area contributed by atoms with Gasteiger partial charge >= 0.3 is 0 Å². The Kier molecular flexibility index (Phi) is 4.78. The normalized spacial score (nSPS) is 10.6. The van der Waals surface area contributed by atoms with Gasteiger partial charge in [0.1, 0.15) is 11.6 Å². The van der Waals surface area contributed by atoms with Crippen LogP contribution in [-0.2, 0) is 4.79 Å². The molecule has 0 atom stereocenters. The minimum Gasteiger partial charge on any atom is -0.321 e. The first kappa shape index (κ1) is 15.1. The number of nitrogens with one attached hydrogen (secondary N) is 1. The number of hydrogen-bond acceptors (Lipinski definition) is 4. The van der Waals surface area contributed by atoms with E-state index in [1.165, 1.54) is 13.0 Å². The van der Waals surface area contributed by atoms with E-state index >= 15 is 0 Å². The highest BCUT2D eigenvalue weighted by atomic mass is 16.1. The minimum atomic E-state index is -0.505. The number of carbonyl (C=O) groups excluding carboxylic acids is 2. The number of anilines is 1. The van der Waals surface area contributed by atoms with Gasteiger partial charge in [-0.15, -0.1) is 0 Å². The fraction of sp³-hybridized carbons (Fsp3) is 0.0588. The first-order valence-electron chi connectivity index (χ1n) is 6.54. The van der Waals surface area contributed by atoms with Crippen molar-refractivity contribution in [2.45, 2.75) is 6.92 Å². The number of pyridine rings is 1. The van der Waals surface area contributed by atoms with Crippen molar-refractivity contribution in [3.05, 3.63) is 65.5 Å². The fourth-order valence-corrected chi connectivity index (χ4v) is 1.76. The lowest BCUT2D eigenvalue weighted by atomic mass is 10.1. The van der Waals surface area contributed by atoms with Gasteiger partial charge in [-0.05, 0) is 55.0 Å². The summed E-state index contributed by atoms with van der Waals surface area (Å²) < 4.78 is 0. The second-order valence-electron chi connectivity index (χ2n) is 4.54. The van der Waals surface area contributed by atoms with Gasteiger partial charge in [-0.25, -0.2) is 0 Å². The Hall–Kier alpha value is -3.26. The molecule has 1 N–H and O–H groups in total. The zero-order valence-electron chi connectivity index (χ0n) is 11.9. The number of rotatable bonds is 4. The van der Waals surface area contributed by atoms with E-state index in [-0.39, 0.29) is 11.4 Å². The van der Waals surface area contributed by atoms with Crippen molar-refractivity contribution in [2.75, 3.05) is 5.32 Å². The van der Waals surface area contributed by atoms with E-state index in [1.54, 1.807) is 48.8 Å². The third-order valence-corrected chi connectivity index (χ3v) is 2.93. The molecule has 1 aromatic carbocycles. The van der Waals surface area contributed by atoms with Crippen LogP contribution in [0.1, 0.15) is 22.8 Å². The summed E-state index contributed by atoms with van der Waals surface area (Å²) in [6.07, 6.45) is 4.65. The summed E-state index contributed by atoms with van der Waals surface area (Å²) in [6, 6.07) is 11.8. The predicted octanol–water partition coefficient (Wildman–Crippen LogP) is 2.83. The molecule has 1 aromatic heterocycles. The van der Waals surface area contributed by atoms with Gasteiger partial charge in [-0.1, -0.05) is 0 Å². The largest absolute Gasteiger partial charge is 0.321 e. The van der Waals surface area contributed by atoms with Gasteiger partial charge in [0.25, 0.3) is 5.91 Å². The van der Waals surface area contributed by atoms with E-state index < -0.39 is 5.91 Å². The van der Waals surface area contributed by atoms with Gasteiger partial charge in [0, 0.05) is 23.6 Å². The Balaban J connectivity index is 2.15. The van der Waals surface area contributed by atoms with E-state index in [0.29, 0.717) is 16.8 Å². The summed E-state index contributed by atoms with van der Waals surface area (Å²) in [4.78, 5) is 27.1. The van der Waals surface area contributed by atoms with Crippen molar-refractivity contribution in [1.82, 2.24) is 4.98 Å². The molecule has 0 aliphatic heterocycles. The van der Waals surface area contributed by atoms with Crippen molar-refractivity contribution in [3.8, 4) is 6.07 Å². The number of nitriles is 1. The van der Waals surface area contributed by atoms with Crippen LogP contribution in [0.3, 0.4) is 0 Å². The number of amides is 1. The SMILES string of the molecule is CC(=O)c1ccc(NC(=O)/C(C#N)=C/c2ccncc2)cc1. The Labute approximate surface area is 127 Å². The van der Waals surface area contributed by atoms with Crippen LogP contribution in [0.15, 0.2) is 54.4 Å². The van der Waals surface area contributed by atoms with Crippen LogP contribution in [0.5, 0.6) is 0 Å². The lowest BCUT2D eigenvalue weighted by Gasteiger charge is -2.05. The predicted molar refractivity (Wildman–Crippen MR) is 82.9 cm³/mol. The third-order valence-electron chi connectivity index (χ3n) is 2.93. The summed E-state index contributed by atoms with van der Waals surface area (Å²) in [5, 5.41) is 11.7. The number of ketones is 1. The average molecular weight is 291 g/mol. The number of nitrogens with zero attached hydrogens (tertiary/aromatic N) is 2. The molecule has 0 aliphatic rings. The maximum absolute atomic E-state index is 12.1. The smallest absolute Gasteiger partial charge is 0.266 e. The summed E-state index contributed by atoms with van der Waals surface area (Å²) in [7, 11) is 0. The number of hydrogen-bond donors (Lipinski definition) is 1. The highest BCUT2D eigenvalue weighted by molar-refractivity contribution is 6.09. The topological polar surface area (TPSA) is 82.9 Å². The standard InChI is InChI=1S/C17H13N3O2/c1-12(21)14-2-4-16(5-3-14)20-17(22)15(11-18)10-13-6-8-19-9-7-13/h2-10H,1H3,(H,20,22)/b15-10+. The first-order chi connectivity index (χ1) is 10.6. The number of benzene rings is 1. The molecule has 0 radical (unpaired) electrons. The van der Waals surface area contributed by atoms with Crippen LogP contribution >= 0.6 is 0 Å². The highest BCUT2D eigenvalue weighted by Crippen LogP contribution is 2.12. The molecule has 0 aliphatic carbocycles. The molecule has 0 unspecified atom stereocenters. The monoisotopic (exact) mass is 291 g/mol. The van der Waals surface area contributed by atoms with Crippen LogP contribution in [0.2, 0.25) is 0 Å². The van der Waals surface area contributed by atoms with E-state index in [0.717, 1.165) is 0 Å². The fourth-order valence-electron chi connectivity index (χ4n) is 1.76. The Morgan fingerprint density at radius 1 is 1.14 bits per heavy atom. The molecule has 0 bridgehead atoms. The zero-order chi connectivity index (χ0) is 15.9. The molecule has 22 heavy (non-hydrogen) atoms. The molecule has 1 heterocycles. The third kappa shape index (κ3) is 3.87. The summed E-state index contributed by atoms with van der Waals surface area (Å²) >= 11 is 0. The van der Waals surface area contributed by atoms with Gasteiger partial charge in [-0.3, -0.25) is 14.6 Å². The van der Waals surface area contributed by atoms with Crippen molar-refractivity contribution >= 4 is 23.5 Å². The van der Waals surface area contributed by atoms with Gasteiger partial charge in [0.2, 0.25) is 0 Å². The second kappa shape index (κ2) is 6.95. The molecule has 1 amide bonds. The van der Waals surface area contributed by atoms with Gasteiger partial charge in [-0.2, -0.15) is 5.26 Å². The molecule has 108 valence electrons. The molecule has 5 heteroatoms. The molecule has 2 rings (SSSR count). The quantitative estimate of drug-likeness (QED) is 0.533. The lowest BCUT2D eigenvalue weighted by Crippen LogP contribution is -2.13. The van der Waals surface area contributed by atoms with Crippen LogP contribution in [0.25, 0.3) is 6.08 Å². The first-order valence-corrected chi connectivity index (χ1v) is 6.54. The average Bonchev–Trinajstić information content (AvgIpc) is 2.54. The number of carbonyl (C=O) groups is 2. The molecule has 0 spiro atoms. The van der Waals surface area contributed by atoms with Crippen molar-refractivity contribution < 1.29 is 9.59 Å². The summed E-state index contributed by atoms with van der Waals surface area (Å²) in [5.41, 5.74) is 1.78. The van der Waals surface area contributed by atoms with Crippen molar-refractivity contribution in [2.24, 2.45) is 0 Å². The second-order valence-corrected chi connectivity index (χ2v) is 4.54. The van der Waals surface area contributed by atoms with Gasteiger partial charge < -0.3 is 5.32 Å². The molecule has 2 aromatic rings. The number of aromatic nitrogens is 1. The summed E-state index contributed by atoms with van der Waals surface area (Å²) in [5.74, 6) is -0.553. The Morgan fingerprint density at radius 3 is 2.32 bits per heavy atom. The van der Waals surface area contributed by atoms with Crippen molar-refractivity contribution in [1.29, 1.82) is 5.26 Å². The van der Waals surface area contributed by atoms with Gasteiger partial charge in [0.05, 0.1) is 0 Å². The maximum Gasteiger partial charge on any atom is 0.266 e. The zero-order valence-corrected chi connectivity index (χ0v) is 11.9. The van der Waals surface area contributed by atoms with Crippen molar-refractivity contribution in [3.63, 3.8) is 0 Å². The Bertz CT molecular complexity index is 757. The van der Waals surface area contributed by atoms with Crippen LogP contribution in [0.4, 0.5) is 5.69 Å². The molecular formula is C17H13N3O2. The number of Topliss-reactive ketones (excluding diaryl/α,β-unsaturated/α-hetero) is 1. The van der Waals surface area contributed by atoms with Crippen LogP contribution < -0.4 is 5.32 Å². The Morgan fingerprint density at radius 2 is 1.77 bits per heavy atom. The van der Waals surface area contributed by atoms with Gasteiger partial charge in [0.15, 0.2) is 5.78 Å². The minimum absolute atomic E-state index is 0.0122. The van der Waals surface area contributed by atoms with E-state index in [4.69, 9.17) is 5.26 Å². The lowest BCUT2D eigenvalue weighted by molar-refractivity contribution is -0.112. The van der Waals surface area contributed by atoms with Crippen LogP contribution in [0, 0.1) is 11.3 Å². The van der Waals surface area contributed by atoms with E-state index in [1.807, 2.05) is 6.07 Å². The highest BCUT2D eigenvalue weighted by Gasteiger charge is 2.09. The molecule has 0 fully saturated rings. The molecule has 0 saturated heterocycles. The molecule has 5 nitrogen and oxygen atoms in total. The van der Waals surface area contributed by atoms with Crippen LogP contribution in [-0.4, -0.2) is 16.7 Å². The molecular weight excluding hydrogens is 278 g/mol. The molecule has 0 saturated carbocycles.